The van der Waals surface area contributed by atoms with E-state index in [-0.39, 0.29) is 12.0 Å². The maximum Gasteiger partial charge on any atom is 0.228 e. The molecule has 2 fully saturated rings. The number of carbonyl (C=O) groups is 1. The maximum atomic E-state index is 12.6. The number of nitrogens with one attached hydrogen (secondary N) is 1. The Morgan fingerprint density at radius 1 is 1.23 bits per heavy atom. The highest BCUT2D eigenvalue weighted by molar-refractivity contribution is 5.82. The molecule has 26 heavy (non-hydrogen) atoms. The third-order valence-corrected chi connectivity index (χ3v) is 5.81. The number of piperazine rings is 1. The molecule has 0 spiro atoms. The number of fused-ring (bicyclic) bond motifs is 1. The Bertz CT molecular complexity index is 808. The van der Waals surface area contributed by atoms with E-state index in [1.54, 1.807) is 0 Å². The van der Waals surface area contributed by atoms with Crippen molar-refractivity contribution in [1.82, 2.24) is 19.8 Å². The van der Waals surface area contributed by atoms with Crippen LogP contribution in [0.4, 0.5) is 5.82 Å². The lowest BCUT2D eigenvalue weighted by Gasteiger charge is -2.44. The Morgan fingerprint density at radius 2 is 2.00 bits per heavy atom. The zero-order valence-corrected chi connectivity index (χ0v) is 16.2. The van der Waals surface area contributed by atoms with E-state index in [1.807, 2.05) is 4.90 Å². The van der Waals surface area contributed by atoms with Crippen molar-refractivity contribution in [2.24, 2.45) is 5.92 Å². The van der Waals surface area contributed by atoms with Gasteiger partial charge in [-0.2, -0.15) is 0 Å². The Labute approximate surface area is 155 Å². The van der Waals surface area contributed by atoms with Crippen LogP contribution in [-0.2, 0) is 4.79 Å². The Hall–Kier alpha value is -2.08. The smallest absolute Gasteiger partial charge is 0.228 e. The summed E-state index contributed by atoms with van der Waals surface area (Å²) < 4.78 is 0. The van der Waals surface area contributed by atoms with E-state index in [4.69, 9.17) is 4.98 Å². The molecule has 1 atom stereocenters. The molecule has 0 aliphatic carbocycles. The van der Waals surface area contributed by atoms with Crippen molar-refractivity contribution in [2.75, 3.05) is 44.7 Å². The zero-order valence-electron chi connectivity index (χ0n) is 16.2. The predicted molar refractivity (Wildman–Crippen MR) is 105 cm³/mol. The number of pyridine rings is 1. The Balaban J connectivity index is 1.50. The predicted octanol–water partition coefficient (Wildman–Crippen LogP) is 2.29. The molecule has 1 amide bonds. The first-order valence-electron chi connectivity index (χ1n) is 9.66. The summed E-state index contributed by atoms with van der Waals surface area (Å²) in [6.07, 6.45) is 2.07. The molecule has 2 aliphatic rings. The fourth-order valence-electron chi connectivity index (χ4n) is 4.22. The van der Waals surface area contributed by atoms with E-state index >= 15 is 0 Å². The van der Waals surface area contributed by atoms with E-state index in [9.17, 15) is 4.79 Å². The average molecular weight is 355 g/mol. The van der Waals surface area contributed by atoms with Crippen molar-refractivity contribution in [3.8, 4) is 0 Å². The molecule has 4 heterocycles. The highest BCUT2D eigenvalue weighted by Crippen LogP contribution is 2.28. The van der Waals surface area contributed by atoms with Gasteiger partial charge in [-0.15, -0.1) is 0 Å². The minimum atomic E-state index is 0.196. The fraction of sp³-hybridized carbons (Fsp3) is 0.600. The average Bonchev–Trinajstić information content (AvgIpc) is 3.01. The highest BCUT2D eigenvalue weighted by Gasteiger charge is 2.36. The number of H-pyrrole nitrogens is 1. The molecule has 6 heteroatoms. The topological polar surface area (TPSA) is 55.5 Å². The van der Waals surface area contributed by atoms with Gasteiger partial charge in [0.25, 0.3) is 0 Å². The monoisotopic (exact) mass is 355 g/mol. The molecule has 1 unspecified atom stereocenters. The molecule has 2 saturated heterocycles. The van der Waals surface area contributed by atoms with E-state index in [0.29, 0.717) is 11.8 Å². The van der Waals surface area contributed by atoms with Gasteiger partial charge in [0.1, 0.15) is 5.82 Å². The number of aromatic amines is 1. The number of aromatic nitrogens is 2. The van der Waals surface area contributed by atoms with Crippen molar-refractivity contribution in [3.05, 3.63) is 23.9 Å². The molecule has 2 aromatic heterocycles. The number of hydrogen-bond acceptors (Lipinski definition) is 4. The minimum absolute atomic E-state index is 0.196. The fourth-order valence-corrected chi connectivity index (χ4v) is 4.22. The van der Waals surface area contributed by atoms with Gasteiger partial charge in [-0.3, -0.25) is 4.79 Å². The third kappa shape index (κ3) is 2.96. The van der Waals surface area contributed by atoms with Crippen LogP contribution in [0.1, 0.15) is 32.3 Å². The van der Waals surface area contributed by atoms with Gasteiger partial charge in [0.05, 0.1) is 17.0 Å². The molecular weight excluding hydrogens is 326 g/mol. The number of carbonyl (C=O) groups excluding carboxylic acids is 1. The van der Waals surface area contributed by atoms with Gasteiger partial charge in [-0.05, 0) is 37.6 Å². The Kier molecular flexibility index (Phi) is 4.39. The second-order valence-electron chi connectivity index (χ2n) is 8.21. The SMILES string of the molecule is CC(C)c1c[nH]c2ccc(N3CCN(C(=O)C4CN(C)C4)CC3C)nc12. The summed E-state index contributed by atoms with van der Waals surface area (Å²) in [4.78, 5) is 27.5. The standard InChI is InChI=1S/C20H29N5O/c1-13(2)16-9-21-17-5-6-18(22-19(16)17)25-8-7-24(10-14(25)3)20(26)15-11-23(4)12-15/h5-6,9,13-15,21H,7-8,10-12H2,1-4H3. The molecular formula is C20H29N5O. The van der Waals surface area contributed by atoms with Crippen molar-refractivity contribution in [2.45, 2.75) is 32.7 Å². The Morgan fingerprint density at radius 3 is 2.65 bits per heavy atom. The normalized spacial score (nSPS) is 22.3. The summed E-state index contributed by atoms with van der Waals surface area (Å²) in [5.41, 5.74) is 3.42. The molecule has 0 saturated carbocycles. The van der Waals surface area contributed by atoms with Crippen molar-refractivity contribution < 1.29 is 4.79 Å². The second kappa shape index (κ2) is 6.58. The van der Waals surface area contributed by atoms with E-state index in [1.165, 1.54) is 5.56 Å². The zero-order chi connectivity index (χ0) is 18.4. The number of likely N-dealkylation sites (tertiary alicyclic amines) is 1. The van der Waals surface area contributed by atoms with Crippen molar-refractivity contribution >= 4 is 22.8 Å². The molecule has 4 rings (SSSR count). The third-order valence-electron chi connectivity index (χ3n) is 5.81. The van der Waals surface area contributed by atoms with Crippen LogP contribution in [0.5, 0.6) is 0 Å². The first kappa shape index (κ1) is 17.3. The van der Waals surface area contributed by atoms with Gasteiger partial charge in [-0.25, -0.2) is 4.98 Å². The summed E-state index contributed by atoms with van der Waals surface area (Å²) in [5.74, 6) is 1.98. The molecule has 140 valence electrons. The van der Waals surface area contributed by atoms with Gasteiger partial charge in [-0.1, -0.05) is 13.8 Å². The molecule has 0 radical (unpaired) electrons. The number of amides is 1. The number of rotatable bonds is 3. The van der Waals surface area contributed by atoms with Crippen LogP contribution in [0.15, 0.2) is 18.3 Å². The van der Waals surface area contributed by atoms with Crippen LogP contribution in [0.25, 0.3) is 11.0 Å². The molecule has 1 N–H and O–H groups in total. The van der Waals surface area contributed by atoms with Gasteiger partial charge in [0.2, 0.25) is 5.91 Å². The lowest BCUT2D eigenvalue weighted by Crippen LogP contribution is -2.59. The maximum absolute atomic E-state index is 12.6. The minimum Gasteiger partial charge on any atom is -0.360 e. The van der Waals surface area contributed by atoms with Crippen molar-refractivity contribution in [1.29, 1.82) is 0 Å². The summed E-state index contributed by atoms with van der Waals surface area (Å²) >= 11 is 0. The van der Waals surface area contributed by atoms with Gasteiger partial charge in [0.15, 0.2) is 0 Å². The van der Waals surface area contributed by atoms with Gasteiger partial charge >= 0.3 is 0 Å². The van der Waals surface area contributed by atoms with E-state index in [0.717, 1.165) is 49.6 Å². The summed E-state index contributed by atoms with van der Waals surface area (Å²) in [6, 6.07) is 4.49. The molecule has 0 aromatic carbocycles. The molecule has 0 bridgehead atoms. The van der Waals surface area contributed by atoms with Crippen LogP contribution in [0, 0.1) is 5.92 Å². The lowest BCUT2D eigenvalue weighted by molar-refractivity contribution is -0.141. The van der Waals surface area contributed by atoms with E-state index < -0.39 is 0 Å². The van der Waals surface area contributed by atoms with Crippen molar-refractivity contribution in [3.63, 3.8) is 0 Å². The number of hydrogen-bond donors (Lipinski definition) is 1. The van der Waals surface area contributed by atoms with Crippen LogP contribution in [0.2, 0.25) is 0 Å². The van der Waals surface area contributed by atoms with Crippen LogP contribution < -0.4 is 4.90 Å². The first-order chi connectivity index (χ1) is 12.4. The highest BCUT2D eigenvalue weighted by atomic mass is 16.2. The molecule has 6 nitrogen and oxygen atoms in total. The van der Waals surface area contributed by atoms with Gasteiger partial charge in [0, 0.05) is 45.0 Å². The largest absolute Gasteiger partial charge is 0.360 e. The van der Waals surface area contributed by atoms with Gasteiger partial charge < -0.3 is 19.7 Å². The summed E-state index contributed by atoms with van der Waals surface area (Å²) in [7, 11) is 2.07. The van der Waals surface area contributed by atoms with Crippen LogP contribution in [-0.4, -0.2) is 71.5 Å². The summed E-state index contributed by atoms with van der Waals surface area (Å²) in [5, 5.41) is 0. The van der Waals surface area contributed by atoms with E-state index in [2.05, 4.69) is 60.9 Å². The number of anilines is 1. The second-order valence-corrected chi connectivity index (χ2v) is 8.21. The van der Waals surface area contributed by atoms with Crippen LogP contribution >= 0.6 is 0 Å². The molecule has 2 aromatic rings. The van der Waals surface area contributed by atoms with Crippen LogP contribution in [0.3, 0.4) is 0 Å². The first-order valence-corrected chi connectivity index (χ1v) is 9.66. The quantitative estimate of drug-likeness (QED) is 0.918. The lowest BCUT2D eigenvalue weighted by atomic mass is 9.98. The molecule has 2 aliphatic heterocycles. The summed E-state index contributed by atoms with van der Waals surface area (Å²) in [6.45, 7) is 10.8. The number of nitrogens with zero attached hydrogens (tertiary/aromatic N) is 4.